The minimum Gasteiger partial charge on any atom is -0.372 e. The van der Waals surface area contributed by atoms with Crippen LogP contribution in [0.4, 0.5) is 15.8 Å². The Morgan fingerprint density at radius 3 is 2.40 bits per heavy atom. The molecule has 30 heavy (non-hydrogen) atoms. The fraction of sp³-hybridized carbons (Fsp3) is 0.409. The van der Waals surface area contributed by atoms with E-state index in [9.17, 15) is 17.6 Å². The molecule has 0 aromatic heterocycles. The second-order valence-corrected chi connectivity index (χ2v) is 9.58. The van der Waals surface area contributed by atoms with Crippen LogP contribution in [-0.4, -0.2) is 40.2 Å². The molecule has 0 aliphatic carbocycles. The lowest BCUT2D eigenvalue weighted by atomic mass is 10.1. The van der Waals surface area contributed by atoms with Gasteiger partial charge in [0, 0.05) is 18.8 Å². The van der Waals surface area contributed by atoms with E-state index in [4.69, 9.17) is 0 Å². The van der Waals surface area contributed by atoms with Crippen molar-refractivity contribution in [3.63, 3.8) is 0 Å². The van der Waals surface area contributed by atoms with Crippen LogP contribution in [-0.2, 0) is 14.8 Å². The van der Waals surface area contributed by atoms with Crippen molar-refractivity contribution < 1.29 is 17.6 Å². The van der Waals surface area contributed by atoms with E-state index >= 15 is 0 Å². The fourth-order valence-electron chi connectivity index (χ4n) is 3.66. The van der Waals surface area contributed by atoms with Gasteiger partial charge in [0.25, 0.3) is 0 Å². The Bertz CT molecular complexity index is 973. The van der Waals surface area contributed by atoms with Gasteiger partial charge < -0.3 is 10.2 Å². The van der Waals surface area contributed by atoms with Gasteiger partial charge in [-0.05, 0) is 62.1 Å². The van der Waals surface area contributed by atoms with E-state index in [0.29, 0.717) is 0 Å². The first-order valence-electron chi connectivity index (χ1n) is 10.1. The Morgan fingerprint density at radius 1 is 1.13 bits per heavy atom. The molecule has 2 aromatic rings. The molecule has 0 spiro atoms. The topological polar surface area (TPSA) is 69.7 Å². The predicted octanol–water partition coefficient (Wildman–Crippen LogP) is 3.46. The van der Waals surface area contributed by atoms with Crippen LogP contribution >= 0.6 is 0 Å². The van der Waals surface area contributed by atoms with E-state index < -0.39 is 28.3 Å². The Balaban J connectivity index is 1.65. The Labute approximate surface area is 177 Å². The van der Waals surface area contributed by atoms with Gasteiger partial charge in [0.1, 0.15) is 12.4 Å². The summed E-state index contributed by atoms with van der Waals surface area (Å²) in [6.07, 6.45) is 4.68. The van der Waals surface area contributed by atoms with Crippen molar-refractivity contribution in [1.29, 1.82) is 0 Å². The quantitative estimate of drug-likeness (QED) is 0.726. The number of nitrogens with zero attached hydrogens (tertiary/aromatic N) is 2. The number of benzene rings is 2. The maximum Gasteiger partial charge on any atom is 0.241 e. The van der Waals surface area contributed by atoms with E-state index in [1.807, 2.05) is 19.1 Å². The molecule has 1 atom stereocenters. The molecule has 1 saturated heterocycles. The number of amides is 1. The van der Waals surface area contributed by atoms with Crippen molar-refractivity contribution in [2.75, 3.05) is 35.1 Å². The third-order valence-corrected chi connectivity index (χ3v) is 6.42. The lowest BCUT2D eigenvalue weighted by Crippen LogP contribution is -2.41. The molecule has 1 N–H and O–H groups in total. The zero-order chi connectivity index (χ0) is 21.7. The molecule has 0 radical (unpaired) electrons. The standard InChI is InChI=1S/C22H28FN3O3S/c1-17(18-9-11-20(12-10-18)25-13-4-3-5-14-25)24-22(27)16-26(30(2,28)29)21-8-6-7-19(23)15-21/h6-12,15,17H,3-5,13-14,16H2,1-2H3,(H,24,27). The minimum atomic E-state index is -3.75. The van der Waals surface area contributed by atoms with Gasteiger partial charge in [-0.3, -0.25) is 9.10 Å². The van der Waals surface area contributed by atoms with Crippen LogP contribution < -0.4 is 14.5 Å². The Kier molecular flexibility index (Phi) is 6.97. The third-order valence-electron chi connectivity index (χ3n) is 5.28. The minimum absolute atomic E-state index is 0.117. The first-order chi connectivity index (χ1) is 14.2. The monoisotopic (exact) mass is 433 g/mol. The van der Waals surface area contributed by atoms with Crippen molar-refractivity contribution in [2.45, 2.75) is 32.2 Å². The molecule has 1 aliphatic rings. The molecule has 8 heteroatoms. The smallest absolute Gasteiger partial charge is 0.241 e. The number of anilines is 2. The third kappa shape index (κ3) is 5.72. The highest BCUT2D eigenvalue weighted by Gasteiger charge is 2.22. The maximum absolute atomic E-state index is 13.5. The molecule has 0 saturated carbocycles. The van der Waals surface area contributed by atoms with Gasteiger partial charge in [-0.25, -0.2) is 12.8 Å². The highest BCUT2D eigenvalue weighted by molar-refractivity contribution is 7.92. The largest absolute Gasteiger partial charge is 0.372 e. The highest BCUT2D eigenvalue weighted by atomic mass is 32.2. The number of piperidine rings is 1. The summed E-state index contributed by atoms with van der Waals surface area (Å²) in [5.41, 5.74) is 2.22. The molecule has 1 fully saturated rings. The van der Waals surface area contributed by atoms with E-state index in [-0.39, 0.29) is 11.7 Å². The molecule has 3 rings (SSSR count). The number of hydrogen-bond acceptors (Lipinski definition) is 4. The van der Waals surface area contributed by atoms with Gasteiger partial charge in [0.2, 0.25) is 15.9 Å². The number of sulfonamides is 1. The summed E-state index contributed by atoms with van der Waals surface area (Å²) in [5, 5.41) is 2.83. The summed E-state index contributed by atoms with van der Waals surface area (Å²) >= 11 is 0. The molecular formula is C22H28FN3O3S. The molecule has 1 aliphatic heterocycles. The van der Waals surface area contributed by atoms with Crippen LogP contribution in [0, 0.1) is 5.82 Å². The first kappa shape index (κ1) is 22.1. The Morgan fingerprint density at radius 2 is 1.80 bits per heavy atom. The molecule has 1 unspecified atom stereocenters. The van der Waals surface area contributed by atoms with Gasteiger partial charge in [0.05, 0.1) is 18.0 Å². The average Bonchev–Trinajstić information content (AvgIpc) is 2.72. The van der Waals surface area contributed by atoms with E-state index in [1.165, 1.54) is 43.1 Å². The van der Waals surface area contributed by atoms with Gasteiger partial charge in [-0.15, -0.1) is 0 Å². The van der Waals surface area contributed by atoms with Crippen molar-refractivity contribution >= 4 is 27.3 Å². The number of carbonyl (C=O) groups excluding carboxylic acids is 1. The maximum atomic E-state index is 13.5. The second kappa shape index (κ2) is 9.47. The van der Waals surface area contributed by atoms with Gasteiger partial charge >= 0.3 is 0 Å². The van der Waals surface area contributed by atoms with E-state index in [2.05, 4.69) is 22.3 Å². The normalized spacial score (nSPS) is 15.5. The zero-order valence-corrected chi connectivity index (χ0v) is 18.2. The van der Waals surface area contributed by atoms with Crippen LogP contribution in [0.25, 0.3) is 0 Å². The summed E-state index contributed by atoms with van der Waals surface area (Å²) in [7, 11) is -3.75. The molecule has 0 bridgehead atoms. The van der Waals surface area contributed by atoms with Crippen LogP contribution in [0.1, 0.15) is 37.8 Å². The second-order valence-electron chi connectivity index (χ2n) is 7.68. The SMILES string of the molecule is CC(NC(=O)CN(c1cccc(F)c1)S(C)(=O)=O)c1ccc(N2CCCCC2)cc1. The molecule has 6 nitrogen and oxygen atoms in total. The van der Waals surface area contributed by atoms with Gasteiger partial charge in [0.15, 0.2) is 0 Å². The average molecular weight is 434 g/mol. The molecule has 162 valence electrons. The van der Waals surface area contributed by atoms with Crippen molar-refractivity contribution in [1.82, 2.24) is 5.32 Å². The Hall–Kier alpha value is -2.61. The fourth-order valence-corrected chi connectivity index (χ4v) is 4.51. The number of hydrogen-bond donors (Lipinski definition) is 1. The van der Waals surface area contributed by atoms with Crippen LogP contribution in [0.15, 0.2) is 48.5 Å². The number of halogens is 1. The summed E-state index contributed by atoms with van der Waals surface area (Å²) < 4.78 is 38.7. The number of rotatable bonds is 7. The van der Waals surface area contributed by atoms with Crippen LogP contribution in [0.5, 0.6) is 0 Å². The highest BCUT2D eigenvalue weighted by Crippen LogP contribution is 2.23. The van der Waals surface area contributed by atoms with Crippen molar-refractivity contribution in [3.05, 3.63) is 59.9 Å². The zero-order valence-electron chi connectivity index (χ0n) is 17.3. The predicted molar refractivity (Wildman–Crippen MR) is 118 cm³/mol. The van der Waals surface area contributed by atoms with Gasteiger partial charge in [-0.1, -0.05) is 18.2 Å². The molecular weight excluding hydrogens is 405 g/mol. The molecule has 2 aromatic carbocycles. The lowest BCUT2D eigenvalue weighted by molar-refractivity contribution is -0.120. The number of carbonyl (C=O) groups is 1. The molecule has 1 heterocycles. The van der Waals surface area contributed by atoms with E-state index in [1.54, 1.807) is 0 Å². The summed E-state index contributed by atoms with van der Waals surface area (Å²) in [6.45, 7) is 3.55. The first-order valence-corrected chi connectivity index (χ1v) is 12.0. The lowest BCUT2D eigenvalue weighted by Gasteiger charge is -2.29. The van der Waals surface area contributed by atoms with Crippen LogP contribution in [0.3, 0.4) is 0 Å². The van der Waals surface area contributed by atoms with Crippen molar-refractivity contribution in [3.8, 4) is 0 Å². The number of nitrogens with one attached hydrogen (secondary N) is 1. The van der Waals surface area contributed by atoms with E-state index in [0.717, 1.165) is 35.3 Å². The molecule has 1 amide bonds. The van der Waals surface area contributed by atoms with Crippen LogP contribution in [0.2, 0.25) is 0 Å². The summed E-state index contributed by atoms with van der Waals surface area (Å²) in [4.78, 5) is 14.9. The summed E-state index contributed by atoms with van der Waals surface area (Å²) in [5.74, 6) is -1.03. The van der Waals surface area contributed by atoms with Gasteiger partial charge in [-0.2, -0.15) is 0 Å². The summed E-state index contributed by atoms with van der Waals surface area (Å²) in [6, 6.07) is 13.0. The van der Waals surface area contributed by atoms with Crippen molar-refractivity contribution in [2.24, 2.45) is 0 Å².